The molecule has 0 unspecified atom stereocenters. The molecule has 5 nitrogen and oxygen atoms in total. The molecule has 2 aromatic rings. The van der Waals surface area contributed by atoms with E-state index in [-0.39, 0.29) is 10.8 Å². The maximum atomic E-state index is 12.5. The average molecular weight is 357 g/mol. The molecule has 1 aromatic heterocycles. The largest absolute Gasteiger partial charge is 0.417 e. The molecule has 0 saturated heterocycles. The van der Waals surface area contributed by atoms with Crippen molar-refractivity contribution in [3.63, 3.8) is 0 Å². The molecule has 2 rings (SSSR count). The van der Waals surface area contributed by atoms with E-state index >= 15 is 0 Å². The molecule has 126 valence electrons. The predicted molar refractivity (Wildman–Crippen MR) is 85.5 cm³/mol. The zero-order valence-corrected chi connectivity index (χ0v) is 12.9. The normalized spacial score (nSPS) is 10.8. The summed E-state index contributed by atoms with van der Waals surface area (Å²) in [6.45, 7) is 0.752. The minimum atomic E-state index is -4.49. The molecule has 0 radical (unpaired) electrons. The number of aromatic nitrogens is 1. The standard InChI is InChI=1S/C15H12ClF3N4O/c16-11-7-10(15(17,18)19)8-22-14(11)21-6-5-20-12-3-1-2-4-13(12)23-9-24/h1-4,7-8,20H,5-6H2,(H,21,22). The highest BCUT2D eigenvalue weighted by atomic mass is 35.5. The number of halogens is 4. The SMILES string of the molecule is O=C=Nc1ccccc1NCCNc1ncc(C(F)(F)F)cc1Cl. The van der Waals surface area contributed by atoms with Gasteiger partial charge in [-0.05, 0) is 18.2 Å². The first-order chi connectivity index (χ1) is 11.4. The highest BCUT2D eigenvalue weighted by Crippen LogP contribution is 2.32. The van der Waals surface area contributed by atoms with Gasteiger partial charge >= 0.3 is 6.18 Å². The lowest BCUT2D eigenvalue weighted by Gasteiger charge is -2.12. The van der Waals surface area contributed by atoms with Crippen LogP contribution >= 0.6 is 11.6 Å². The molecule has 0 spiro atoms. The van der Waals surface area contributed by atoms with Crippen LogP contribution in [0, 0.1) is 0 Å². The Morgan fingerprint density at radius 2 is 1.92 bits per heavy atom. The molecule has 0 saturated carbocycles. The second-order valence-electron chi connectivity index (χ2n) is 4.63. The van der Waals surface area contributed by atoms with Crippen LogP contribution in [0.5, 0.6) is 0 Å². The number of aliphatic imine (C=N–C) groups is 1. The van der Waals surface area contributed by atoms with Crippen LogP contribution in [0.3, 0.4) is 0 Å². The molecular formula is C15H12ClF3N4O. The molecule has 2 N–H and O–H groups in total. The number of hydrogen-bond acceptors (Lipinski definition) is 5. The summed E-state index contributed by atoms with van der Waals surface area (Å²) in [5, 5.41) is 5.75. The average Bonchev–Trinajstić information content (AvgIpc) is 2.53. The van der Waals surface area contributed by atoms with Crippen LogP contribution in [0.1, 0.15) is 5.56 Å². The van der Waals surface area contributed by atoms with Crippen LogP contribution < -0.4 is 10.6 Å². The monoisotopic (exact) mass is 356 g/mol. The minimum absolute atomic E-state index is 0.115. The fourth-order valence-electron chi connectivity index (χ4n) is 1.87. The minimum Gasteiger partial charge on any atom is -0.382 e. The Morgan fingerprint density at radius 1 is 1.21 bits per heavy atom. The van der Waals surface area contributed by atoms with Crippen LogP contribution in [0.2, 0.25) is 5.02 Å². The number of alkyl halides is 3. The van der Waals surface area contributed by atoms with Crippen LogP contribution in [0.4, 0.5) is 30.4 Å². The lowest BCUT2D eigenvalue weighted by Crippen LogP contribution is -2.15. The Balaban J connectivity index is 1.92. The zero-order chi connectivity index (χ0) is 17.6. The van der Waals surface area contributed by atoms with Crippen LogP contribution in [-0.2, 0) is 11.0 Å². The molecule has 1 heterocycles. The Kier molecular flexibility index (Phi) is 5.78. The molecule has 9 heteroatoms. The summed E-state index contributed by atoms with van der Waals surface area (Å²) in [7, 11) is 0. The highest BCUT2D eigenvalue weighted by molar-refractivity contribution is 6.32. The smallest absolute Gasteiger partial charge is 0.382 e. The van der Waals surface area contributed by atoms with Gasteiger partial charge in [-0.1, -0.05) is 23.7 Å². The van der Waals surface area contributed by atoms with Crippen LogP contribution in [-0.4, -0.2) is 24.2 Å². The van der Waals surface area contributed by atoms with Crippen molar-refractivity contribution in [2.24, 2.45) is 4.99 Å². The van der Waals surface area contributed by atoms with Gasteiger partial charge in [0.05, 0.1) is 22.0 Å². The number of nitrogens with one attached hydrogen (secondary N) is 2. The van der Waals surface area contributed by atoms with Crippen molar-refractivity contribution in [1.82, 2.24) is 4.98 Å². The summed E-state index contributed by atoms with van der Waals surface area (Å²) in [6, 6.07) is 7.70. The van der Waals surface area contributed by atoms with Crippen molar-refractivity contribution in [3.8, 4) is 0 Å². The summed E-state index contributed by atoms with van der Waals surface area (Å²) in [6.07, 6.45) is -2.30. The Bertz CT molecular complexity index is 761. The highest BCUT2D eigenvalue weighted by Gasteiger charge is 2.31. The number of pyridine rings is 1. The van der Waals surface area contributed by atoms with Gasteiger partial charge in [0.15, 0.2) is 0 Å². The number of hydrogen-bond donors (Lipinski definition) is 2. The molecule has 0 aliphatic rings. The number of anilines is 2. The van der Waals surface area contributed by atoms with Crippen LogP contribution in [0.25, 0.3) is 0 Å². The first-order valence-corrected chi connectivity index (χ1v) is 7.17. The van der Waals surface area contributed by atoms with Crippen molar-refractivity contribution < 1.29 is 18.0 Å². The lowest BCUT2D eigenvalue weighted by molar-refractivity contribution is -0.137. The zero-order valence-electron chi connectivity index (χ0n) is 12.2. The number of para-hydroxylation sites is 2. The first-order valence-electron chi connectivity index (χ1n) is 6.79. The molecule has 0 amide bonds. The van der Waals surface area contributed by atoms with E-state index in [9.17, 15) is 18.0 Å². The van der Waals surface area contributed by atoms with Gasteiger partial charge < -0.3 is 10.6 Å². The van der Waals surface area contributed by atoms with Crippen LogP contribution in [0.15, 0.2) is 41.5 Å². The van der Waals surface area contributed by atoms with E-state index < -0.39 is 11.7 Å². The molecule has 0 atom stereocenters. The van der Waals surface area contributed by atoms with Crippen molar-refractivity contribution in [1.29, 1.82) is 0 Å². The van der Waals surface area contributed by atoms with E-state index in [1.54, 1.807) is 24.3 Å². The van der Waals surface area contributed by atoms with Gasteiger partial charge in [0, 0.05) is 19.3 Å². The third-order valence-electron chi connectivity index (χ3n) is 2.97. The first kappa shape index (κ1) is 17.8. The second-order valence-corrected chi connectivity index (χ2v) is 5.03. The van der Waals surface area contributed by atoms with E-state index in [4.69, 9.17) is 11.6 Å². The topological polar surface area (TPSA) is 66.4 Å². The maximum absolute atomic E-state index is 12.5. The molecule has 0 bridgehead atoms. The van der Waals surface area contributed by atoms with E-state index in [0.29, 0.717) is 24.5 Å². The fourth-order valence-corrected chi connectivity index (χ4v) is 2.10. The number of isocyanates is 1. The van der Waals surface area contributed by atoms with Gasteiger partial charge in [0.1, 0.15) is 5.82 Å². The second kappa shape index (κ2) is 7.81. The summed E-state index contributed by atoms with van der Waals surface area (Å²) >= 11 is 5.79. The van der Waals surface area contributed by atoms with Gasteiger partial charge in [0.2, 0.25) is 6.08 Å². The Morgan fingerprint density at radius 3 is 2.58 bits per heavy atom. The molecule has 24 heavy (non-hydrogen) atoms. The fraction of sp³-hybridized carbons (Fsp3) is 0.200. The molecular weight excluding hydrogens is 345 g/mol. The van der Waals surface area contributed by atoms with E-state index in [2.05, 4.69) is 20.6 Å². The summed E-state index contributed by atoms with van der Waals surface area (Å²) in [4.78, 5) is 17.6. The maximum Gasteiger partial charge on any atom is 0.417 e. The predicted octanol–water partition coefficient (Wildman–Crippen LogP) is 4.25. The third-order valence-corrected chi connectivity index (χ3v) is 3.26. The molecule has 0 aliphatic heterocycles. The molecule has 1 aromatic carbocycles. The van der Waals surface area contributed by atoms with Gasteiger partial charge in [-0.2, -0.15) is 18.2 Å². The number of carbonyl (C=O) groups excluding carboxylic acids is 1. The summed E-state index contributed by atoms with van der Waals surface area (Å²) in [5.74, 6) is 0.158. The third kappa shape index (κ3) is 4.71. The molecule has 0 fully saturated rings. The summed E-state index contributed by atoms with van der Waals surface area (Å²) in [5.41, 5.74) is 0.170. The van der Waals surface area contributed by atoms with Gasteiger partial charge in [-0.3, -0.25) is 0 Å². The van der Waals surface area contributed by atoms with E-state index in [1.807, 2.05) is 0 Å². The van der Waals surface area contributed by atoms with Gasteiger partial charge in [-0.25, -0.2) is 9.78 Å². The van der Waals surface area contributed by atoms with Gasteiger partial charge in [0.25, 0.3) is 0 Å². The summed E-state index contributed by atoms with van der Waals surface area (Å²) < 4.78 is 37.6. The quantitative estimate of drug-likeness (QED) is 0.461. The Labute approximate surface area is 140 Å². The van der Waals surface area contributed by atoms with E-state index in [0.717, 1.165) is 12.3 Å². The van der Waals surface area contributed by atoms with Crippen molar-refractivity contribution in [2.45, 2.75) is 6.18 Å². The lowest BCUT2D eigenvalue weighted by atomic mass is 10.2. The number of benzene rings is 1. The number of nitrogens with zero attached hydrogens (tertiary/aromatic N) is 2. The van der Waals surface area contributed by atoms with E-state index in [1.165, 1.54) is 6.08 Å². The van der Waals surface area contributed by atoms with Crippen molar-refractivity contribution in [3.05, 3.63) is 47.1 Å². The molecule has 0 aliphatic carbocycles. The van der Waals surface area contributed by atoms with Gasteiger partial charge in [-0.15, -0.1) is 0 Å². The Hall–Kier alpha value is -2.57. The van der Waals surface area contributed by atoms with Crippen molar-refractivity contribution in [2.75, 3.05) is 23.7 Å². The van der Waals surface area contributed by atoms with Crippen molar-refractivity contribution >= 4 is 34.9 Å². The number of rotatable bonds is 6.